The van der Waals surface area contributed by atoms with E-state index in [2.05, 4.69) is 10.4 Å². The van der Waals surface area contributed by atoms with Crippen LogP contribution in [0.15, 0.2) is 41.4 Å². The SMILES string of the molecule is CC1CN(S(=O)(=O)c2ccc(C(=O)Nc3ccnn3C3CCCC3)cc2)CC(C)O1. The van der Waals surface area contributed by atoms with Crippen LogP contribution in [0.4, 0.5) is 5.82 Å². The molecule has 8 nitrogen and oxygen atoms in total. The van der Waals surface area contributed by atoms with E-state index in [1.807, 2.05) is 18.5 Å². The molecule has 1 aromatic heterocycles. The summed E-state index contributed by atoms with van der Waals surface area (Å²) >= 11 is 0. The molecule has 2 aromatic rings. The number of carbonyl (C=O) groups is 1. The Balaban J connectivity index is 1.47. The Morgan fingerprint density at radius 2 is 1.70 bits per heavy atom. The quantitative estimate of drug-likeness (QED) is 0.784. The van der Waals surface area contributed by atoms with Crippen molar-refractivity contribution in [2.45, 2.75) is 62.7 Å². The predicted octanol–water partition coefficient (Wildman–Crippen LogP) is 3.05. The molecule has 1 saturated heterocycles. The average Bonchev–Trinajstić information content (AvgIpc) is 3.39. The van der Waals surface area contributed by atoms with Gasteiger partial charge >= 0.3 is 0 Å². The van der Waals surface area contributed by atoms with E-state index < -0.39 is 10.0 Å². The highest BCUT2D eigenvalue weighted by molar-refractivity contribution is 7.89. The van der Waals surface area contributed by atoms with Gasteiger partial charge in [-0.05, 0) is 51.0 Å². The molecule has 0 bridgehead atoms. The second-order valence-corrected chi connectivity index (χ2v) is 10.1. The first-order chi connectivity index (χ1) is 14.3. The molecule has 2 heterocycles. The molecule has 1 aliphatic carbocycles. The van der Waals surface area contributed by atoms with E-state index in [1.54, 1.807) is 24.4 Å². The van der Waals surface area contributed by atoms with Crippen LogP contribution in [0.1, 0.15) is 55.9 Å². The summed E-state index contributed by atoms with van der Waals surface area (Å²) in [6.07, 6.45) is 5.86. The molecule has 162 valence electrons. The molecule has 2 aliphatic rings. The lowest BCUT2D eigenvalue weighted by Gasteiger charge is -2.34. The number of amides is 1. The average molecular weight is 433 g/mol. The number of nitrogens with zero attached hydrogens (tertiary/aromatic N) is 3. The molecule has 4 rings (SSSR count). The van der Waals surface area contributed by atoms with Crippen LogP contribution in [0, 0.1) is 0 Å². The van der Waals surface area contributed by atoms with Crippen molar-refractivity contribution in [1.29, 1.82) is 0 Å². The Bertz CT molecular complexity index is 986. The van der Waals surface area contributed by atoms with Gasteiger partial charge in [-0.25, -0.2) is 13.1 Å². The van der Waals surface area contributed by atoms with Gasteiger partial charge in [0.2, 0.25) is 10.0 Å². The lowest BCUT2D eigenvalue weighted by Crippen LogP contribution is -2.48. The summed E-state index contributed by atoms with van der Waals surface area (Å²) in [5.74, 6) is 0.382. The third kappa shape index (κ3) is 4.28. The van der Waals surface area contributed by atoms with Gasteiger partial charge in [0.15, 0.2) is 0 Å². The van der Waals surface area contributed by atoms with Crippen LogP contribution in [0.2, 0.25) is 0 Å². The lowest BCUT2D eigenvalue weighted by molar-refractivity contribution is -0.0440. The number of carbonyl (C=O) groups excluding carboxylic acids is 1. The molecule has 2 unspecified atom stereocenters. The van der Waals surface area contributed by atoms with Crippen LogP contribution in [0.25, 0.3) is 0 Å². The number of morpholine rings is 1. The summed E-state index contributed by atoms with van der Waals surface area (Å²) in [5.41, 5.74) is 0.400. The number of sulfonamides is 1. The fraction of sp³-hybridized carbons (Fsp3) is 0.524. The Kier molecular flexibility index (Phi) is 5.95. The molecule has 1 aliphatic heterocycles. The van der Waals surface area contributed by atoms with Crippen LogP contribution < -0.4 is 5.32 Å². The molecule has 0 spiro atoms. The van der Waals surface area contributed by atoms with Crippen molar-refractivity contribution in [3.63, 3.8) is 0 Å². The van der Waals surface area contributed by atoms with Crippen LogP contribution >= 0.6 is 0 Å². The molecule has 2 atom stereocenters. The zero-order chi connectivity index (χ0) is 21.3. The van der Waals surface area contributed by atoms with Crippen LogP contribution in [0.3, 0.4) is 0 Å². The van der Waals surface area contributed by atoms with Gasteiger partial charge in [-0.3, -0.25) is 4.79 Å². The second kappa shape index (κ2) is 8.49. The lowest BCUT2D eigenvalue weighted by atomic mass is 10.2. The van der Waals surface area contributed by atoms with Crippen LogP contribution in [-0.4, -0.2) is 53.7 Å². The second-order valence-electron chi connectivity index (χ2n) is 8.16. The van der Waals surface area contributed by atoms with Crippen molar-refractivity contribution in [3.8, 4) is 0 Å². The number of rotatable bonds is 5. The Morgan fingerprint density at radius 3 is 2.33 bits per heavy atom. The number of hydrogen-bond acceptors (Lipinski definition) is 5. The molecule has 1 saturated carbocycles. The van der Waals surface area contributed by atoms with E-state index in [0.717, 1.165) is 12.8 Å². The van der Waals surface area contributed by atoms with E-state index in [9.17, 15) is 13.2 Å². The zero-order valence-corrected chi connectivity index (χ0v) is 18.1. The van der Waals surface area contributed by atoms with Crippen LogP contribution in [0.5, 0.6) is 0 Å². The van der Waals surface area contributed by atoms with E-state index in [1.165, 1.54) is 29.3 Å². The maximum Gasteiger partial charge on any atom is 0.256 e. The fourth-order valence-corrected chi connectivity index (χ4v) is 5.89. The summed E-state index contributed by atoms with van der Waals surface area (Å²) in [6.45, 7) is 4.37. The van der Waals surface area contributed by atoms with Gasteiger partial charge in [0.25, 0.3) is 5.91 Å². The molecule has 1 aromatic carbocycles. The normalized spacial score (nSPS) is 23.5. The maximum atomic E-state index is 13.0. The summed E-state index contributed by atoms with van der Waals surface area (Å²) < 4.78 is 34.9. The smallest absolute Gasteiger partial charge is 0.256 e. The molecule has 9 heteroatoms. The zero-order valence-electron chi connectivity index (χ0n) is 17.3. The van der Waals surface area contributed by atoms with Crippen molar-refractivity contribution in [2.24, 2.45) is 0 Å². The van der Waals surface area contributed by atoms with Crippen molar-refractivity contribution in [3.05, 3.63) is 42.1 Å². The summed E-state index contributed by atoms with van der Waals surface area (Å²) in [4.78, 5) is 12.9. The minimum atomic E-state index is -3.63. The maximum absolute atomic E-state index is 13.0. The van der Waals surface area contributed by atoms with Gasteiger partial charge in [0.1, 0.15) is 5.82 Å². The monoisotopic (exact) mass is 432 g/mol. The van der Waals surface area contributed by atoms with Crippen molar-refractivity contribution < 1.29 is 17.9 Å². The van der Waals surface area contributed by atoms with Crippen molar-refractivity contribution in [1.82, 2.24) is 14.1 Å². The number of benzene rings is 1. The number of anilines is 1. The van der Waals surface area contributed by atoms with E-state index in [-0.39, 0.29) is 23.0 Å². The molecule has 30 heavy (non-hydrogen) atoms. The number of hydrogen-bond donors (Lipinski definition) is 1. The highest BCUT2D eigenvalue weighted by Gasteiger charge is 2.32. The Hall–Kier alpha value is -2.23. The van der Waals surface area contributed by atoms with E-state index in [0.29, 0.717) is 30.5 Å². The van der Waals surface area contributed by atoms with Gasteiger partial charge in [0.05, 0.1) is 29.3 Å². The number of nitrogens with one attached hydrogen (secondary N) is 1. The molecule has 0 radical (unpaired) electrons. The summed E-state index contributed by atoms with van der Waals surface area (Å²) in [6, 6.07) is 8.18. The topological polar surface area (TPSA) is 93.5 Å². The van der Waals surface area contributed by atoms with Gasteiger partial charge in [-0.15, -0.1) is 0 Å². The Morgan fingerprint density at radius 1 is 1.07 bits per heavy atom. The van der Waals surface area contributed by atoms with Crippen molar-refractivity contribution >= 4 is 21.7 Å². The molecular weight excluding hydrogens is 404 g/mol. The first-order valence-electron chi connectivity index (χ1n) is 10.4. The highest BCUT2D eigenvalue weighted by atomic mass is 32.2. The van der Waals surface area contributed by atoms with Crippen molar-refractivity contribution in [2.75, 3.05) is 18.4 Å². The van der Waals surface area contributed by atoms with Gasteiger partial charge in [-0.2, -0.15) is 9.40 Å². The van der Waals surface area contributed by atoms with Gasteiger partial charge in [-0.1, -0.05) is 12.8 Å². The summed E-state index contributed by atoms with van der Waals surface area (Å²) in [7, 11) is -3.63. The number of aromatic nitrogens is 2. The molecule has 1 amide bonds. The molecule has 2 fully saturated rings. The third-order valence-electron chi connectivity index (χ3n) is 5.72. The standard InChI is InChI=1S/C21H28N4O4S/c1-15-13-24(14-16(2)29-15)30(27,28)19-9-7-17(8-10-19)21(26)23-20-11-12-22-25(20)18-5-3-4-6-18/h7-12,15-16,18H,3-6,13-14H2,1-2H3,(H,23,26). The largest absolute Gasteiger partial charge is 0.373 e. The van der Waals surface area contributed by atoms with Crippen LogP contribution in [-0.2, 0) is 14.8 Å². The minimum Gasteiger partial charge on any atom is -0.373 e. The van der Waals surface area contributed by atoms with E-state index in [4.69, 9.17) is 4.74 Å². The first-order valence-corrected chi connectivity index (χ1v) is 11.9. The Labute approximate surface area is 177 Å². The highest BCUT2D eigenvalue weighted by Crippen LogP contribution is 2.31. The first kappa shape index (κ1) is 21.0. The van der Waals surface area contributed by atoms with Gasteiger partial charge in [0, 0.05) is 24.7 Å². The predicted molar refractivity (Wildman–Crippen MR) is 113 cm³/mol. The third-order valence-corrected chi connectivity index (χ3v) is 7.57. The minimum absolute atomic E-state index is 0.154. The molecule has 1 N–H and O–H groups in total. The number of ether oxygens (including phenoxy) is 1. The summed E-state index contributed by atoms with van der Waals surface area (Å²) in [5, 5.41) is 7.26. The fourth-order valence-electron chi connectivity index (χ4n) is 4.30. The molecular formula is C21H28N4O4S. The van der Waals surface area contributed by atoms with E-state index >= 15 is 0 Å². The van der Waals surface area contributed by atoms with Gasteiger partial charge < -0.3 is 10.1 Å².